The van der Waals surface area contributed by atoms with Gasteiger partial charge in [-0.25, -0.2) is 0 Å². The van der Waals surface area contributed by atoms with Crippen LogP contribution in [0.1, 0.15) is 50.0 Å². The maximum atomic E-state index is 2.21. The molecular weight excluding hydrogens is 312 g/mol. The maximum absolute atomic E-state index is 2.21. The van der Waals surface area contributed by atoms with E-state index in [1.54, 1.807) is 22.7 Å². The molecule has 0 N–H and O–H groups in total. The van der Waals surface area contributed by atoms with Crippen molar-refractivity contribution in [3.05, 3.63) is 67.7 Å². The lowest BCUT2D eigenvalue weighted by molar-refractivity contribution is 0.872. The van der Waals surface area contributed by atoms with Crippen molar-refractivity contribution >= 4 is 34.0 Å². The molecule has 21 heavy (non-hydrogen) atoms. The molecule has 3 rings (SSSR count). The van der Waals surface area contributed by atoms with E-state index in [2.05, 4.69) is 62.0 Å². The standard InChI is InChI=1S/2C7H10S.C4H4S/c1-6(2)7-3-4-8-5-7;1-6(2)7-4-3-5-8-7;1-2-4-5-3-1/h2*3-6H,1-2H3;1-4H. The van der Waals surface area contributed by atoms with E-state index in [-0.39, 0.29) is 0 Å². The summed E-state index contributed by atoms with van der Waals surface area (Å²) in [5.41, 5.74) is 1.45. The van der Waals surface area contributed by atoms with Crippen molar-refractivity contribution in [3.8, 4) is 0 Å². The summed E-state index contributed by atoms with van der Waals surface area (Å²) in [6.07, 6.45) is 0. The monoisotopic (exact) mass is 336 g/mol. The summed E-state index contributed by atoms with van der Waals surface area (Å²) in [6, 6.07) is 10.5. The van der Waals surface area contributed by atoms with Crippen molar-refractivity contribution in [2.45, 2.75) is 39.5 Å². The second-order valence-electron chi connectivity index (χ2n) is 5.17. The van der Waals surface area contributed by atoms with Crippen LogP contribution in [0.2, 0.25) is 0 Å². The van der Waals surface area contributed by atoms with Crippen LogP contribution in [-0.2, 0) is 0 Å². The van der Waals surface area contributed by atoms with Gasteiger partial charge in [0.25, 0.3) is 0 Å². The summed E-state index contributed by atoms with van der Waals surface area (Å²) in [5, 5.41) is 10.5. The highest BCUT2D eigenvalue weighted by Gasteiger charge is 1.96. The van der Waals surface area contributed by atoms with E-state index in [1.165, 1.54) is 10.4 Å². The SMILES string of the molecule is CC(C)c1cccs1.CC(C)c1ccsc1.c1ccsc1. The number of thiophene rings is 3. The molecule has 3 aromatic rings. The number of hydrogen-bond acceptors (Lipinski definition) is 3. The average Bonchev–Trinajstić information content (AvgIpc) is 3.22. The summed E-state index contributed by atoms with van der Waals surface area (Å²) in [4.78, 5) is 1.48. The lowest BCUT2D eigenvalue weighted by Gasteiger charge is -1.96. The van der Waals surface area contributed by atoms with Gasteiger partial charge in [-0.1, -0.05) is 45.9 Å². The van der Waals surface area contributed by atoms with E-state index in [0.29, 0.717) is 11.8 Å². The molecule has 0 aliphatic carbocycles. The maximum Gasteiger partial charge on any atom is 0.00706 e. The summed E-state index contributed by atoms with van der Waals surface area (Å²) < 4.78 is 0. The molecule has 0 atom stereocenters. The molecule has 3 heterocycles. The number of rotatable bonds is 2. The van der Waals surface area contributed by atoms with E-state index in [4.69, 9.17) is 0 Å². The molecule has 0 bridgehead atoms. The molecule has 0 radical (unpaired) electrons. The third-order valence-electron chi connectivity index (χ3n) is 2.75. The minimum absolute atomic E-state index is 0.696. The second kappa shape index (κ2) is 10.8. The summed E-state index contributed by atoms with van der Waals surface area (Å²) in [7, 11) is 0. The molecule has 0 spiro atoms. The Kier molecular flexibility index (Phi) is 9.31. The molecule has 0 nitrogen and oxygen atoms in total. The Morgan fingerprint density at radius 2 is 1.43 bits per heavy atom. The predicted molar refractivity (Wildman–Crippen MR) is 101 cm³/mol. The van der Waals surface area contributed by atoms with E-state index >= 15 is 0 Å². The minimum Gasteiger partial charge on any atom is -0.152 e. The molecule has 3 aromatic heterocycles. The predicted octanol–water partition coefficient (Wildman–Crippen LogP) is 7.49. The van der Waals surface area contributed by atoms with E-state index in [0.717, 1.165) is 0 Å². The fourth-order valence-electron chi connectivity index (χ4n) is 1.45. The molecule has 0 unspecified atom stereocenters. The molecular formula is C18H24S3. The highest BCUT2D eigenvalue weighted by Crippen LogP contribution is 2.18. The van der Waals surface area contributed by atoms with Gasteiger partial charge in [0.05, 0.1) is 0 Å². The fraction of sp³-hybridized carbons (Fsp3) is 0.333. The lowest BCUT2D eigenvalue weighted by Crippen LogP contribution is -1.79. The van der Waals surface area contributed by atoms with Gasteiger partial charge in [0, 0.05) is 4.88 Å². The largest absolute Gasteiger partial charge is 0.152 e. The third-order valence-corrected chi connectivity index (χ3v) is 5.25. The van der Waals surface area contributed by atoms with Crippen LogP contribution < -0.4 is 0 Å². The van der Waals surface area contributed by atoms with Gasteiger partial charge in [0.1, 0.15) is 0 Å². The van der Waals surface area contributed by atoms with Crippen molar-refractivity contribution in [3.63, 3.8) is 0 Å². The molecule has 0 aromatic carbocycles. The van der Waals surface area contributed by atoms with Gasteiger partial charge in [-0.3, -0.25) is 0 Å². The number of hydrogen-bond donors (Lipinski definition) is 0. The van der Waals surface area contributed by atoms with Crippen LogP contribution in [0.5, 0.6) is 0 Å². The van der Waals surface area contributed by atoms with Crippen molar-refractivity contribution in [2.24, 2.45) is 0 Å². The molecule has 0 amide bonds. The highest BCUT2D eigenvalue weighted by atomic mass is 32.1. The average molecular weight is 337 g/mol. The summed E-state index contributed by atoms with van der Waals surface area (Å²) in [5.74, 6) is 1.40. The highest BCUT2D eigenvalue weighted by molar-refractivity contribution is 7.10. The zero-order valence-corrected chi connectivity index (χ0v) is 15.6. The normalized spacial score (nSPS) is 9.81. The van der Waals surface area contributed by atoms with Crippen LogP contribution in [-0.4, -0.2) is 0 Å². The van der Waals surface area contributed by atoms with Gasteiger partial charge >= 0.3 is 0 Å². The Balaban J connectivity index is 0.000000162. The van der Waals surface area contributed by atoms with E-state index in [1.807, 2.05) is 34.2 Å². The quantitative estimate of drug-likeness (QED) is 0.454. The first kappa shape index (κ1) is 18.1. The van der Waals surface area contributed by atoms with Gasteiger partial charge in [-0.2, -0.15) is 22.7 Å². The fourth-order valence-corrected chi connectivity index (χ4v) is 3.47. The van der Waals surface area contributed by atoms with Crippen LogP contribution in [0.15, 0.2) is 57.2 Å². The van der Waals surface area contributed by atoms with Gasteiger partial charge in [-0.05, 0) is 56.4 Å². The van der Waals surface area contributed by atoms with Gasteiger partial charge in [-0.15, -0.1) is 11.3 Å². The summed E-state index contributed by atoms with van der Waals surface area (Å²) >= 11 is 5.31. The van der Waals surface area contributed by atoms with Crippen LogP contribution in [0.3, 0.4) is 0 Å². The molecule has 0 aliphatic rings. The van der Waals surface area contributed by atoms with Crippen molar-refractivity contribution < 1.29 is 0 Å². The van der Waals surface area contributed by atoms with Gasteiger partial charge < -0.3 is 0 Å². The Hall–Kier alpha value is -0.900. The first-order valence-corrected chi connectivity index (χ1v) is 9.90. The smallest absolute Gasteiger partial charge is 0.00706 e. The molecule has 0 aliphatic heterocycles. The Labute approximate surface area is 141 Å². The third kappa shape index (κ3) is 8.20. The molecule has 0 saturated heterocycles. The van der Waals surface area contributed by atoms with E-state index < -0.39 is 0 Å². The van der Waals surface area contributed by atoms with Crippen molar-refractivity contribution in [1.29, 1.82) is 0 Å². The Bertz CT molecular complexity index is 462. The Morgan fingerprint density at radius 3 is 1.67 bits per heavy atom. The van der Waals surface area contributed by atoms with Crippen LogP contribution in [0, 0.1) is 0 Å². The first-order chi connectivity index (χ1) is 10.1. The van der Waals surface area contributed by atoms with Gasteiger partial charge in [0.2, 0.25) is 0 Å². The zero-order chi connectivity index (χ0) is 15.5. The van der Waals surface area contributed by atoms with Gasteiger partial charge in [0.15, 0.2) is 0 Å². The zero-order valence-electron chi connectivity index (χ0n) is 13.2. The van der Waals surface area contributed by atoms with Crippen LogP contribution in [0.4, 0.5) is 0 Å². The first-order valence-electron chi connectivity index (χ1n) is 7.14. The topological polar surface area (TPSA) is 0 Å². The lowest BCUT2D eigenvalue weighted by atomic mass is 10.1. The van der Waals surface area contributed by atoms with Crippen LogP contribution in [0.25, 0.3) is 0 Å². The molecule has 0 fully saturated rings. The second-order valence-corrected chi connectivity index (χ2v) is 7.75. The summed E-state index contributed by atoms with van der Waals surface area (Å²) in [6.45, 7) is 8.85. The molecule has 0 saturated carbocycles. The van der Waals surface area contributed by atoms with Crippen LogP contribution >= 0.6 is 34.0 Å². The van der Waals surface area contributed by atoms with Crippen molar-refractivity contribution in [1.82, 2.24) is 0 Å². The van der Waals surface area contributed by atoms with E-state index in [9.17, 15) is 0 Å². The molecule has 114 valence electrons. The molecule has 3 heteroatoms. The van der Waals surface area contributed by atoms with Crippen molar-refractivity contribution in [2.75, 3.05) is 0 Å². The minimum atomic E-state index is 0.696. The Morgan fingerprint density at radius 1 is 0.714 bits per heavy atom.